The Labute approximate surface area is 172 Å². The van der Waals surface area contributed by atoms with Gasteiger partial charge < -0.3 is 0 Å². The van der Waals surface area contributed by atoms with E-state index in [1.807, 2.05) is 0 Å². The summed E-state index contributed by atoms with van der Waals surface area (Å²) in [6.07, 6.45) is 0. The molecule has 0 aliphatic rings. The van der Waals surface area contributed by atoms with Crippen molar-refractivity contribution < 1.29 is 26.4 Å². The lowest BCUT2D eigenvalue weighted by molar-refractivity contribution is 0.0976. The van der Waals surface area contributed by atoms with Crippen LogP contribution in [0.2, 0.25) is 10.0 Å². The summed E-state index contributed by atoms with van der Waals surface area (Å²) in [6.45, 7) is 1.39. The van der Waals surface area contributed by atoms with Crippen molar-refractivity contribution >= 4 is 39.1 Å². The molecule has 1 aromatic heterocycles. The number of hydrogen-bond acceptors (Lipinski definition) is 5. The summed E-state index contributed by atoms with van der Waals surface area (Å²) in [5.74, 6) is -4.43. The number of rotatable bonds is 4. The number of nitrogens with zero attached hydrogens (tertiary/aromatic N) is 3. The number of carbonyl (C=O) groups excluding carboxylic acids is 1. The molecule has 0 saturated heterocycles. The van der Waals surface area contributed by atoms with Gasteiger partial charge in [0, 0.05) is 6.07 Å². The van der Waals surface area contributed by atoms with Gasteiger partial charge >= 0.3 is 0 Å². The standard InChI is InChI=1S/C16H9Cl2F3N4O3S/c1-7-15(22-24-25(7)13-3-2-8(19)4-10(13)18)16(26)23-29(27,28)14-5-9(17)11(20)6-12(14)21/h2-6H,1H3,(H,23,26). The minimum atomic E-state index is -4.74. The molecule has 3 aromatic rings. The van der Waals surface area contributed by atoms with Gasteiger partial charge in [0.05, 0.1) is 21.4 Å². The van der Waals surface area contributed by atoms with E-state index in [-0.39, 0.29) is 22.5 Å². The molecule has 13 heteroatoms. The molecule has 0 spiro atoms. The number of benzene rings is 2. The van der Waals surface area contributed by atoms with Gasteiger partial charge in [-0.2, -0.15) is 0 Å². The van der Waals surface area contributed by atoms with Gasteiger partial charge in [0.2, 0.25) is 0 Å². The van der Waals surface area contributed by atoms with E-state index in [1.165, 1.54) is 13.0 Å². The molecule has 0 fully saturated rings. The van der Waals surface area contributed by atoms with Crippen LogP contribution >= 0.6 is 23.2 Å². The number of nitrogens with one attached hydrogen (secondary N) is 1. The number of halogens is 5. The van der Waals surface area contributed by atoms with Crippen LogP contribution in [0.25, 0.3) is 5.69 Å². The lowest BCUT2D eigenvalue weighted by atomic mass is 10.3. The Hall–Kier alpha value is -2.63. The summed E-state index contributed by atoms with van der Waals surface area (Å²) in [4.78, 5) is 11.3. The zero-order chi connectivity index (χ0) is 21.5. The molecule has 0 unspecified atom stereocenters. The average Bonchev–Trinajstić information content (AvgIpc) is 2.99. The molecule has 1 heterocycles. The quantitative estimate of drug-likeness (QED) is 0.597. The third-order valence-electron chi connectivity index (χ3n) is 3.74. The van der Waals surface area contributed by atoms with Crippen molar-refractivity contribution in [2.75, 3.05) is 0 Å². The minimum Gasteiger partial charge on any atom is -0.266 e. The third-order valence-corrected chi connectivity index (χ3v) is 5.68. The molecule has 3 rings (SSSR count). The van der Waals surface area contributed by atoms with E-state index in [4.69, 9.17) is 23.2 Å². The average molecular weight is 465 g/mol. The van der Waals surface area contributed by atoms with E-state index >= 15 is 0 Å². The van der Waals surface area contributed by atoms with Crippen LogP contribution in [-0.2, 0) is 10.0 Å². The van der Waals surface area contributed by atoms with Gasteiger partial charge in [-0.05, 0) is 31.2 Å². The van der Waals surface area contributed by atoms with Gasteiger partial charge in [0.1, 0.15) is 22.3 Å². The smallest absolute Gasteiger partial charge is 0.266 e. The molecular weight excluding hydrogens is 456 g/mol. The second kappa shape index (κ2) is 7.65. The Morgan fingerprint density at radius 3 is 2.41 bits per heavy atom. The lowest BCUT2D eigenvalue weighted by Gasteiger charge is -2.08. The highest BCUT2D eigenvalue weighted by molar-refractivity contribution is 7.90. The summed E-state index contributed by atoms with van der Waals surface area (Å²) in [5.41, 5.74) is -0.150. The third kappa shape index (κ3) is 4.07. The molecule has 0 aliphatic heterocycles. The molecule has 29 heavy (non-hydrogen) atoms. The Morgan fingerprint density at radius 2 is 1.76 bits per heavy atom. The largest absolute Gasteiger partial charge is 0.287 e. The Balaban J connectivity index is 1.94. The van der Waals surface area contributed by atoms with E-state index in [2.05, 4.69) is 10.3 Å². The van der Waals surface area contributed by atoms with Crippen molar-refractivity contribution in [1.82, 2.24) is 19.7 Å². The van der Waals surface area contributed by atoms with Crippen LogP contribution in [0.1, 0.15) is 16.2 Å². The fourth-order valence-corrected chi connectivity index (χ4v) is 3.87. The molecule has 0 saturated carbocycles. The van der Waals surface area contributed by atoms with Crippen LogP contribution in [0.5, 0.6) is 0 Å². The van der Waals surface area contributed by atoms with Gasteiger partial charge in [-0.15, -0.1) is 5.10 Å². The van der Waals surface area contributed by atoms with Crippen LogP contribution in [0, 0.1) is 24.4 Å². The highest BCUT2D eigenvalue weighted by atomic mass is 35.5. The molecule has 7 nitrogen and oxygen atoms in total. The van der Waals surface area contributed by atoms with Crippen LogP contribution in [0.4, 0.5) is 13.2 Å². The zero-order valence-corrected chi connectivity index (χ0v) is 16.6. The Kier molecular flexibility index (Phi) is 5.57. The van der Waals surface area contributed by atoms with E-state index in [1.54, 1.807) is 4.72 Å². The van der Waals surface area contributed by atoms with Crippen LogP contribution < -0.4 is 4.72 Å². The van der Waals surface area contributed by atoms with Crippen molar-refractivity contribution in [3.05, 3.63) is 69.2 Å². The topological polar surface area (TPSA) is 93.9 Å². The minimum absolute atomic E-state index is 0.0272. The maximum atomic E-state index is 13.9. The van der Waals surface area contributed by atoms with Gasteiger partial charge in [0.25, 0.3) is 15.9 Å². The normalized spacial score (nSPS) is 11.5. The first-order valence-electron chi connectivity index (χ1n) is 7.60. The second-order valence-corrected chi connectivity index (χ2v) is 8.13. The fourth-order valence-electron chi connectivity index (χ4n) is 2.36. The summed E-state index contributed by atoms with van der Waals surface area (Å²) in [5, 5.41) is 6.62. The number of sulfonamides is 1. The SMILES string of the molecule is Cc1c(C(=O)NS(=O)(=O)c2cc(Cl)c(F)cc2F)nnn1-c1ccc(F)cc1Cl. The monoisotopic (exact) mass is 464 g/mol. The number of amides is 1. The van der Waals surface area contributed by atoms with Gasteiger partial charge in [-0.25, -0.2) is 31.0 Å². The van der Waals surface area contributed by atoms with E-state index < -0.39 is 49.0 Å². The van der Waals surface area contributed by atoms with Crippen molar-refractivity contribution in [3.8, 4) is 5.69 Å². The molecule has 0 bridgehead atoms. The predicted molar refractivity (Wildman–Crippen MR) is 97.1 cm³/mol. The van der Waals surface area contributed by atoms with Gasteiger partial charge in [-0.3, -0.25) is 4.79 Å². The molecule has 1 N–H and O–H groups in total. The molecule has 152 valence electrons. The Bertz CT molecular complexity index is 1250. The van der Waals surface area contributed by atoms with E-state index in [9.17, 15) is 26.4 Å². The molecule has 2 aromatic carbocycles. The van der Waals surface area contributed by atoms with E-state index in [0.29, 0.717) is 6.07 Å². The first-order valence-corrected chi connectivity index (χ1v) is 9.84. The van der Waals surface area contributed by atoms with Crippen molar-refractivity contribution in [2.24, 2.45) is 0 Å². The summed E-state index contributed by atoms with van der Waals surface area (Å²) in [6, 6.07) is 4.22. The molecule has 0 atom stereocenters. The number of carbonyl (C=O) groups is 1. The summed E-state index contributed by atoms with van der Waals surface area (Å²) >= 11 is 11.4. The van der Waals surface area contributed by atoms with E-state index in [0.717, 1.165) is 16.8 Å². The predicted octanol–water partition coefficient (Wildman–Crippen LogP) is 3.42. The molecule has 0 aliphatic carbocycles. The maximum Gasteiger partial charge on any atom is 0.287 e. The maximum absolute atomic E-state index is 13.9. The summed E-state index contributed by atoms with van der Waals surface area (Å²) < 4.78 is 67.6. The highest BCUT2D eigenvalue weighted by Gasteiger charge is 2.27. The van der Waals surface area contributed by atoms with Crippen molar-refractivity contribution in [2.45, 2.75) is 11.8 Å². The number of aromatic nitrogens is 3. The lowest BCUT2D eigenvalue weighted by Crippen LogP contribution is -2.32. The first-order chi connectivity index (χ1) is 13.5. The molecular formula is C16H9Cl2F3N4O3S. The van der Waals surface area contributed by atoms with Crippen LogP contribution in [0.15, 0.2) is 35.2 Å². The van der Waals surface area contributed by atoms with Crippen LogP contribution in [-0.4, -0.2) is 29.3 Å². The number of hydrogen-bond donors (Lipinski definition) is 1. The van der Waals surface area contributed by atoms with Gasteiger partial charge in [-0.1, -0.05) is 28.4 Å². The fraction of sp³-hybridized carbons (Fsp3) is 0.0625. The van der Waals surface area contributed by atoms with Gasteiger partial charge in [0.15, 0.2) is 5.69 Å². The molecule has 1 amide bonds. The summed E-state index contributed by atoms with van der Waals surface area (Å²) in [7, 11) is -4.74. The van der Waals surface area contributed by atoms with Crippen molar-refractivity contribution in [3.63, 3.8) is 0 Å². The zero-order valence-electron chi connectivity index (χ0n) is 14.3. The highest BCUT2D eigenvalue weighted by Crippen LogP contribution is 2.24. The Morgan fingerprint density at radius 1 is 1.07 bits per heavy atom. The molecule has 0 radical (unpaired) electrons. The van der Waals surface area contributed by atoms with Crippen LogP contribution in [0.3, 0.4) is 0 Å². The second-order valence-electron chi connectivity index (χ2n) is 5.66. The first kappa shape index (κ1) is 21.1. The van der Waals surface area contributed by atoms with Crippen molar-refractivity contribution in [1.29, 1.82) is 0 Å².